The summed E-state index contributed by atoms with van der Waals surface area (Å²) in [7, 11) is 0. The predicted molar refractivity (Wildman–Crippen MR) is 42.6 cm³/mol. The van der Waals surface area contributed by atoms with Crippen molar-refractivity contribution in [2.24, 2.45) is 5.73 Å². The molecule has 0 aliphatic carbocycles. The summed E-state index contributed by atoms with van der Waals surface area (Å²) < 4.78 is 0. The smallest absolute Gasteiger partial charge is 0.106 e. The zero-order valence-corrected chi connectivity index (χ0v) is 6.45. The standard InChI is InChI=1S/C7H9N2S/c1-2-3-6-5-10-7(4-8)9-6/h5H,1,3-4,8H2. The highest BCUT2D eigenvalue weighted by Crippen LogP contribution is 2.08. The van der Waals surface area contributed by atoms with Gasteiger partial charge in [-0.25, -0.2) is 4.98 Å². The second-order valence-electron chi connectivity index (χ2n) is 1.86. The third-order valence-electron chi connectivity index (χ3n) is 1.08. The van der Waals surface area contributed by atoms with Gasteiger partial charge in [-0.3, -0.25) is 0 Å². The quantitative estimate of drug-likeness (QED) is 0.707. The van der Waals surface area contributed by atoms with E-state index in [1.165, 1.54) is 0 Å². The molecule has 1 radical (unpaired) electrons. The first-order chi connectivity index (χ1) is 4.86. The minimum absolute atomic E-state index is 0.530. The molecule has 0 spiro atoms. The van der Waals surface area contributed by atoms with E-state index in [1.54, 1.807) is 11.3 Å². The van der Waals surface area contributed by atoms with E-state index in [4.69, 9.17) is 5.73 Å². The van der Waals surface area contributed by atoms with Crippen LogP contribution in [0.3, 0.4) is 0 Å². The number of rotatable bonds is 3. The fourth-order valence-electron chi connectivity index (χ4n) is 0.652. The number of hydrogen-bond acceptors (Lipinski definition) is 3. The van der Waals surface area contributed by atoms with E-state index in [2.05, 4.69) is 17.6 Å². The highest BCUT2D eigenvalue weighted by Gasteiger charge is 1.96. The molecule has 10 heavy (non-hydrogen) atoms. The second kappa shape index (κ2) is 3.49. The second-order valence-corrected chi connectivity index (χ2v) is 2.81. The van der Waals surface area contributed by atoms with E-state index >= 15 is 0 Å². The van der Waals surface area contributed by atoms with Crippen LogP contribution in [0.15, 0.2) is 12.0 Å². The Hall–Kier alpha value is -0.670. The molecule has 0 amide bonds. The lowest BCUT2D eigenvalue weighted by Gasteiger charge is -1.84. The Kier molecular flexibility index (Phi) is 2.59. The maximum Gasteiger partial charge on any atom is 0.106 e. The van der Waals surface area contributed by atoms with Crippen molar-refractivity contribution in [3.8, 4) is 0 Å². The van der Waals surface area contributed by atoms with E-state index in [0.717, 1.165) is 17.1 Å². The molecule has 0 atom stereocenters. The van der Waals surface area contributed by atoms with Crippen LogP contribution in [0.5, 0.6) is 0 Å². The largest absolute Gasteiger partial charge is 0.325 e. The molecule has 0 saturated heterocycles. The lowest BCUT2D eigenvalue weighted by molar-refractivity contribution is 1.000. The van der Waals surface area contributed by atoms with Crippen LogP contribution in [0.2, 0.25) is 0 Å². The van der Waals surface area contributed by atoms with Crippen molar-refractivity contribution in [1.29, 1.82) is 0 Å². The minimum Gasteiger partial charge on any atom is -0.325 e. The van der Waals surface area contributed by atoms with Gasteiger partial charge in [-0.05, 0) is 6.08 Å². The Morgan fingerprint density at radius 1 is 1.80 bits per heavy atom. The Bertz CT molecular complexity index is 217. The van der Waals surface area contributed by atoms with E-state index in [9.17, 15) is 0 Å². The van der Waals surface area contributed by atoms with Gasteiger partial charge in [-0.15, -0.1) is 11.3 Å². The summed E-state index contributed by atoms with van der Waals surface area (Å²) >= 11 is 1.59. The van der Waals surface area contributed by atoms with Gasteiger partial charge in [-0.1, -0.05) is 6.58 Å². The van der Waals surface area contributed by atoms with Crippen molar-refractivity contribution in [2.75, 3.05) is 0 Å². The average molecular weight is 153 g/mol. The topological polar surface area (TPSA) is 38.9 Å². The van der Waals surface area contributed by atoms with Crippen molar-refractivity contribution in [1.82, 2.24) is 4.98 Å². The molecule has 0 aliphatic heterocycles. The van der Waals surface area contributed by atoms with Crippen LogP contribution in [-0.2, 0) is 13.0 Å². The molecule has 3 heteroatoms. The molecule has 53 valence electrons. The first kappa shape index (κ1) is 7.44. The minimum atomic E-state index is 0.530. The Balaban J connectivity index is 2.67. The molecular formula is C7H9N2S. The Labute approximate surface area is 64.4 Å². The van der Waals surface area contributed by atoms with Crippen molar-refractivity contribution in [2.45, 2.75) is 13.0 Å². The third-order valence-corrected chi connectivity index (χ3v) is 2.00. The number of nitrogens with zero attached hydrogens (tertiary/aromatic N) is 1. The van der Waals surface area contributed by atoms with Gasteiger partial charge >= 0.3 is 0 Å². The zero-order chi connectivity index (χ0) is 7.40. The molecule has 0 aromatic carbocycles. The monoisotopic (exact) mass is 153 g/mol. The summed E-state index contributed by atoms with van der Waals surface area (Å²) in [5.74, 6) is 0. The summed E-state index contributed by atoms with van der Waals surface area (Å²) in [5, 5.41) is 2.96. The van der Waals surface area contributed by atoms with Gasteiger partial charge in [0.25, 0.3) is 0 Å². The molecule has 0 aliphatic rings. The van der Waals surface area contributed by atoms with Gasteiger partial charge in [0.1, 0.15) is 5.01 Å². The fourth-order valence-corrected chi connectivity index (χ4v) is 1.33. The SMILES string of the molecule is C=[C]Cc1csc(CN)n1. The number of aromatic nitrogens is 1. The van der Waals surface area contributed by atoms with E-state index in [-0.39, 0.29) is 0 Å². The van der Waals surface area contributed by atoms with Crippen LogP contribution in [0.25, 0.3) is 0 Å². The highest BCUT2D eigenvalue weighted by molar-refractivity contribution is 7.09. The average Bonchev–Trinajstić information content (AvgIpc) is 2.37. The zero-order valence-electron chi connectivity index (χ0n) is 5.63. The van der Waals surface area contributed by atoms with Crippen LogP contribution in [0.1, 0.15) is 10.7 Å². The lowest BCUT2D eigenvalue weighted by atomic mass is 10.3. The molecular weight excluding hydrogens is 144 g/mol. The molecule has 0 unspecified atom stereocenters. The van der Waals surface area contributed by atoms with Crippen molar-refractivity contribution < 1.29 is 0 Å². The lowest BCUT2D eigenvalue weighted by Crippen LogP contribution is -1.95. The molecule has 1 aromatic rings. The van der Waals surface area contributed by atoms with Crippen LogP contribution in [0.4, 0.5) is 0 Å². The van der Waals surface area contributed by atoms with E-state index in [0.29, 0.717) is 6.54 Å². The predicted octanol–water partition coefficient (Wildman–Crippen LogP) is 1.13. The molecule has 0 bridgehead atoms. The van der Waals surface area contributed by atoms with Crippen molar-refractivity contribution >= 4 is 11.3 Å². The number of allylic oxidation sites excluding steroid dienone is 1. The fraction of sp³-hybridized carbons (Fsp3) is 0.286. The number of hydrogen-bond donors (Lipinski definition) is 1. The normalized spacial score (nSPS) is 9.70. The van der Waals surface area contributed by atoms with Crippen LogP contribution >= 0.6 is 11.3 Å². The summed E-state index contributed by atoms with van der Waals surface area (Å²) in [4.78, 5) is 4.21. The van der Waals surface area contributed by atoms with Gasteiger partial charge in [0.15, 0.2) is 0 Å². The summed E-state index contributed by atoms with van der Waals surface area (Å²) in [6, 6.07) is 0. The van der Waals surface area contributed by atoms with Crippen LogP contribution in [0, 0.1) is 6.08 Å². The van der Waals surface area contributed by atoms with Gasteiger partial charge in [0.05, 0.1) is 5.69 Å². The maximum absolute atomic E-state index is 5.37. The van der Waals surface area contributed by atoms with Crippen molar-refractivity contribution in [3.05, 3.63) is 28.7 Å². The molecule has 1 aromatic heterocycles. The molecule has 1 heterocycles. The molecule has 2 nitrogen and oxygen atoms in total. The molecule has 1 rings (SSSR count). The van der Waals surface area contributed by atoms with Gasteiger partial charge in [0, 0.05) is 18.3 Å². The Morgan fingerprint density at radius 2 is 2.60 bits per heavy atom. The van der Waals surface area contributed by atoms with Gasteiger partial charge in [-0.2, -0.15) is 0 Å². The first-order valence-corrected chi connectivity index (χ1v) is 3.88. The summed E-state index contributed by atoms with van der Waals surface area (Å²) in [6.07, 6.45) is 3.49. The summed E-state index contributed by atoms with van der Waals surface area (Å²) in [6.45, 7) is 4.03. The highest BCUT2D eigenvalue weighted by atomic mass is 32.1. The van der Waals surface area contributed by atoms with E-state index in [1.807, 2.05) is 5.38 Å². The summed E-state index contributed by atoms with van der Waals surface area (Å²) in [5.41, 5.74) is 6.39. The molecule has 2 N–H and O–H groups in total. The Morgan fingerprint density at radius 3 is 3.10 bits per heavy atom. The van der Waals surface area contributed by atoms with Crippen molar-refractivity contribution in [3.63, 3.8) is 0 Å². The number of nitrogens with two attached hydrogens (primary N) is 1. The van der Waals surface area contributed by atoms with Crippen LogP contribution < -0.4 is 5.73 Å². The van der Waals surface area contributed by atoms with Gasteiger partial charge in [0.2, 0.25) is 0 Å². The third kappa shape index (κ3) is 1.65. The van der Waals surface area contributed by atoms with Crippen LogP contribution in [-0.4, -0.2) is 4.98 Å². The first-order valence-electron chi connectivity index (χ1n) is 3.00. The van der Waals surface area contributed by atoms with E-state index < -0.39 is 0 Å². The molecule has 0 saturated carbocycles. The van der Waals surface area contributed by atoms with Gasteiger partial charge < -0.3 is 5.73 Å². The number of thiazole rings is 1. The molecule has 0 fully saturated rings. The maximum atomic E-state index is 5.37.